The summed E-state index contributed by atoms with van der Waals surface area (Å²) in [6.07, 6.45) is 0. The lowest BCUT2D eigenvalue weighted by atomic mass is 9.85. The Hall–Kier alpha value is -3.77. The Morgan fingerprint density at radius 1 is 1.14 bits per heavy atom. The molecule has 2 aromatic carbocycles. The first-order chi connectivity index (χ1) is 16.9. The number of Topliss-reactive ketones (excluding diaryl/α,β-unsaturated/α-hetero) is 1. The molecule has 3 N–H and O–H groups in total. The predicted octanol–water partition coefficient (Wildman–Crippen LogP) is 2.63. The Kier molecular flexibility index (Phi) is 8.10. The number of ether oxygens (including phenoxy) is 1. The van der Waals surface area contributed by atoms with E-state index in [0.717, 1.165) is 5.56 Å². The Bertz CT molecular complexity index is 1200. The maximum absolute atomic E-state index is 13.4. The van der Waals surface area contributed by atoms with Gasteiger partial charge in [-0.25, -0.2) is 13.9 Å². The maximum atomic E-state index is 13.4. The highest BCUT2D eigenvalue weighted by Crippen LogP contribution is 2.30. The van der Waals surface area contributed by atoms with Crippen molar-refractivity contribution in [1.82, 2.24) is 9.80 Å². The van der Waals surface area contributed by atoms with Crippen LogP contribution in [0.2, 0.25) is 0 Å². The molecule has 0 spiro atoms. The number of anilines is 2. The highest BCUT2D eigenvalue weighted by atomic mass is 32.2. The minimum Gasteiger partial charge on any atom is -0.494 e. The number of rotatable bonds is 9. The van der Waals surface area contributed by atoms with Gasteiger partial charge in [-0.05, 0) is 17.7 Å². The van der Waals surface area contributed by atoms with E-state index in [1.165, 1.54) is 30.2 Å². The van der Waals surface area contributed by atoms with E-state index in [4.69, 9.17) is 9.29 Å². The van der Waals surface area contributed by atoms with Gasteiger partial charge >= 0.3 is 6.03 Å². The average Bonchev–Trinajstić information content (AvgIpc) is 3.07. The van der Waals surface area contributed by atoms with Gasteiger partial charge in [0.05, 0.1) is 18.5 Å². The Morgan fingerprint density at radius 2 is 1.81 bits per heavy atom. The van der Waals surface area contributed by atoms with Gasteiger partial charge in [-0.1, -0.05) is 51.1 Å². The van der Waals surface area contributed by atoms with Crippen molar-refractivity contribution in [1.29, 1.82) is 0 Å². The summed E-state index contributed by atoms with van der Waals surface area (Å²) >= 11 is -2.32. The molecule has 36 heavy (non-hydrogen) atoms. The number of benzene rings is 2. The molecular weight excluding hydrogens is 488 g/mol. The lowest BCUT2D eigenvalue weighted by Gasteiger charge is -2.29. The molecule has 0 aliphatic carbocycles. The van der Waals surface area contributed by atoms with Crippen LogP contribution in [0.4, 0.5) is 16.2 Å². The van der Waals surface area contributed by atoms with Crippen molar-refractivity contribution in [2.24, 2.45) is 5.41 Å². The van der Waals surface area contributed by atoms with Gasteiger partial charge in [0.2, 0.25) is 0 Å². The molecule has 11 nitrogen and oxygen atoms in total. The van der Waals surface area contributed by atoms with Crippen LogP contribution in [-0.2, 0) is 32.2 Å². The quantitative estimate of drug-likeness (QED) is 0.264. The number of methoxy groups -OCH3 is 1. The summed E-state index contributed by atoms with van der Waals surface area (Å²) in [6.45, 7) is 4.67. The van der Waals surface area contributed by atoms with Gasteiger partial charge in [0.25, 0.3) is 23.1 Å². The third kappa shape index (κ3) is 6.07. The number of carbonyl (C=O) groups is 4. The van der Waals surface area contributed by atoms with Crippen molar-refractivity contribution >= 4 is 46.3 Å². The zero-order chi connectivity index (χ0) is 26.6. The van der Waals surface area contributed by atoms with Crippen LogP contribution < -0.4 is 14.8 Å². The minimum absolute atomic E-state index is 0.130. The van der Waals surface area contributed by atoms with Crippen LogP contribution in [0.15, 0.2) is 48.5 Å². The van der Waals surface area contributed by atoms with E-state index in [9.17, 15) is 23.4 Å². The summed E-state index contributed by atoms with van der Waals surface area (Å²) in [7, 11) is 1.33. The van der Waals surface area contributed by atoms with Crippen molar-refractivity contribution < 1.29 is 32.7 Å². The molecule has 12 heteroatoms. The molecule has 2 atom stereocenters. The molecule has 1 aliphatic heterocycles. The SMILES string of the molecule is COc1cc(NS(=O)O)ccc1NC(=O)C(C(=O)C(C)(C)C)N1C(=O)CN(Cc2ccccc2)C1=O. The van der Waals surface area contributed by atoms with Gasteiger partial charge < -0.3 is 15.0 Å². The summed E-state index contributed by atoms with van der Waals surface area (Å²) in [5.74, 6) is -2.03. The van der Waals surface area contributed by atoms with Crippen molar-refractivity contribution in [3.05, 3.63) is 54.1 Å². The summed E-state index contributed by atoms with van der Waals surface area (Å²) in [5.41, 5.74) is 0.141. The highest BCUT2D eigenvalue weighted by Gasteiger charge is 2.49. The van der Waals surface area contributed by atoms with Crippen LogP contribution in [0.5, 0.6) is 5.75 Å². The highest BCUT2D eigenvalue weighted by molar-refractivity contribution is 7.80. The second-order valence-electron chi connectivity index (χ2n) is 9.16. The fraction of sp³-hybridized carbons (Fsp3) is 0.333. The van der Waals surface area contributed by atoms with Crippen molar-refractivity contribution in [3.8, 4) is 5.75 Å². The van der Waals surface area contributed by atoms with Crippen LogP contribution in [0.3, 0.4) is 0 Å². The number of urea groups is 1. The lowest BCUT2D eigenvalue weighted by molar-refractivity contribution is -0.143. The zero-order valence-electron chi connectivity index (χ0n) is 20.3. The monoisotopic (exact) mass is 516 g/mol. The fourth-order valence-electron chi connectivity index (χ4n) is 3.67. The van der Waals surface area contributed by atoms with Crippen molar-refractivity contribution in [2.75, 3.05) is 23.7 Å². The third-order valence-corrected chi connectivity index (χ3v) is 5.86. The fourth-order valence-corrected chi connectivity index (χ4v) is 4.00. The van der Waals surface area contributed by atoms with Gasteiger partial charge in [-0.3, -0.25) is 23.7 Å². The Labute approximate surface area is 211 Å². The lowest BCUT2D eigenvalue weighted by Crippen LogP contribution is -2.55. The van der Waals surface area contributed by atoms with Gasteiger partial charge in [-0.2, -0.15) is 0 Å². The predicted molar refractivity (Wildman–Crippen MR) is 133 cm³/mol. The standard InChI is InChI=1S/C24H28N4O7S/c1-24(2,3)21(30)20(22(31)25-17-11-10-16(26-36(33)34)12-18(17)35-4)28-19(29)14-27(23(28)32)13-15-8-6-5-7-9-15/h5-12,20,26H,13-14H2,1-4H3,(H,25,31)(H,33,34). The van der Waals surface area contributed by atoms with E-state index in [1.807, 2.05) is 18.2 Å². The molecular formula is C24H28N4O7S. The second kappa shape index (κ2) is 10.9. The molecule has 3 rings (SSSR count). The summed E-state index contributed by atoms with van der Waals surface area (Å²) in [6, 6.07) is 10.8. The topological polar surface area (TPSA) is 145 Å². The smallest absolute Gasteiger partial charge is 0.328 e. The summed E-state index contributed by atoms with van der Waals surface area (Å²) in [5, 5.41) is 2.56. The van der Waals surface area contributed by atoms with Crippen LogP contribution in [0.1, 0.15) is 26.3 Å². The average molecular weight is 517 g/mol. The number of nitrogens with one attached hydrogen (secondary N) is 2. The molecule has 2 unspecified atom stereocenters. The van der Waals surface area contributed by atoms with Gasteiger partial charge in [0.15, 0.2) is 11.8 Å². The summed E-state index contributed by atoms with van der Waals surface area (Å²) in [4.78, 5) is 54.9. The molecule has 0 radical (unpaired) electrons. The number of hydrogen-bond acceptors (Lipinski definition) is 6. The number of ketones is 1. The first-order valence-corrected chi connectivity index (χ1v) is 12.1. The molecule has 0 aromatic heterocycles. The largest absolute Gasteiger partial charge is 0.494 e. The van der Waals surface area contributed by atoms with E-state index in [1.54, 1.807) is 32.9 Å². The van der Waals surface area contributed by atoms with E-state index in [-0.39, 0.29) is 30.2 Å². The van der Waals surface area contributed by atoms with Crippen LogP contribution >= 0.6 is 0 Å². The molecule has 192 valence electrons. The number of amides is 4. The Morgan fingerprint density at radius 3 is 2.39 bits per heavy atom. The van der Waals surface area contributed by atoms with Crippen LogP contribution in [0, 0.1) is 5.41 Å². The molecule has 0 saturated carbocycles. The molecule has 1 aliphatic rings. The van der Waals surface area contributed by atoms with E-state index >= 15 is 0 Å². The van der Waals surface area contributed by atoms with Gasteiger partial charge in [0, 0.05) is 18.0 Å². The molecule has 1 saturated heterocycles. The molecule has 2 aromatic rings. The van der Waals surface area contributed by atoms with Gasteiger partial charge in [0.1, 0.15) is 12.3 Å². The third-order valence-electron chi connectivity index (χ3n) is 5.45. The molecule has 1 fully saturated rings. The minimum atomic E-state index is -2.32. The zero-order valence-corrected chi connectivity index (χ0v) is 21.1. The molecule has 0 bridgehead atoms. The number of carbonyl (C=O) groups excluding carboxylic acids is 4. The first kappa shape index (κ1) is 26.8. The number of imide groups is 1. The first-order valence-electron chi connectivity index (χ1n) is 11.0. The maximum Gasteiger partial charge on any atom is 0.328 e. The summed E-state index contributed by atoms with van der Waals surface area (Å²) < 4.78 is 27.6. The normalized spacial score (nSPS) is 15.5. The van der Waals surface area contributed by atoms with Crippen LogP contribution in [0.25, 0.3) is 0 Å². The number of nitrogens with zero attached hydrogens (tertiary/aromatic N) is 2. The van der Waals surface area contributed by atoms with E-state index in [0.29, 0.717) is 4.90 Å². The second-order valence-corrected chi connectivity index (χ2v) is 9.86. The van der Waals surface area contributed by atoms with Gasteiger partial charge in [-0.15, -0.1) is 0 Å². The Balaban J connectivity index is 1.91. The molecule has 1 heterocycles. The van der Waals surface area contributed by atoms with E-state index < -0.39 is 46.4 Å². The van der Waals surface area contributed by atoms with Crippen molar-refractivity contribution in [3.63, 3.8) is 0 Å². The number of hydrogen-bond donors (Lipinski definition) is 3. The van der Waals surface area contributed by atoms with Crippen molar-refractivity contribution in [2.45, 2.75) is 33.4 Å². The molecule has 4 amide bonds. The van der Waals surface area contributed by atoms with Crippen LogP contribution in [-0.4, -0.2) is 61.9 Å². The van der Waals surface area contributed by atoms with E-state index in [2.05, 4.69) is 10.0 Å².